The number of rotatable bonds is 3. The van der Waals surface area contributed by atoms with Crippen molar-refractivity contribution in [1.29, 1.82) is 0 Å². The Balaban J connectivity index is 1.98. The van der Waals surface area contributed by atoms with Gasteiger partial charge in [-0.25, -0.2) is 0 Å². The van der Waals surface area contributed by atoms with Crippen LogP contribution >= 0.6 is 0 Å². The van der Waals surface area contributed by atoms with Gasteiger partial charge in [0.25, 0.3) is 0 Å². The molecular formula is C16H27NO. The van der Waals surface area contributed by atoms with Crippen molar-refractivity contribution in [2.45, 2.75) is 58.9 Å². The molecule has 2 heteroatoms. The quantitative estimate of drug-likeness (QED) is 0.765. The summed E-state index contributed by atoms with van der Waals surface area (Å²) in [6.07, 6.45) is 6.34. The Morgan fingerprint density at radius 2 is 1.94 bits per heavy atom. The van der Waals surface area contributed by atoms with Crippen molar-refractivity contribution in [2.24, 2.45) is 35.0 Å². The normalized spacial score (nSPS) is 53.8. The van der Waals surface area contributed by atoms with E-state index in [9.17, 15) is 4.79 Å². The number of hydrogen-bond donors (Lipinski definition) is 1. The highest BCUT2D eigenvalue weighted by Crippen LogP contribution is 2.68. The van der Waals surface area contributed by atoms with Crippen molar-refractivity contribution in [1.82, 2.24) is 5.32 Å². The van der Waals surface area contributed by atoms with E-state index in [-0.39, 0.29) is 5.54 Å². The van der Waals surface area contributed by atoms with Gasteiger partial charge in [-0.15, -0.1) is 0 Å². The third kappa shape index (κ3) is 1.44. The molecule has 0 aromatic heterocycles. The van der Waals surface area contributed by atoms with Crippen molar-refractivity contribution >= 4 is 6.41 Å². The highest BCUT2D eigenvalue weighted by atomic mass is 16.1. The number of nitrogens with one attached hydrogen (secondary N) is 1. The largest absolute Gasteiger partial charge is 0.353 e. The van der Waals surface area contributed by atoms with Crippen LogP contribution in [-0.4, -0.2) is 11.9 Å². The molecule has 3 saturated carbocycles. The number of carbonyl (C=O) groups excluding carboxylic acids is 1. The molecule has 0 heterocycles. The molecule has 0 saturated heterocycles. The van der Waals surface area contributed by atoms with Crippen LogP contribution in [0.1, 0.15) is 53.4 Å². The van der Waals surface area contributed by atoms with Gasteiger partial charge in [-0.1, -0.05) is 20.8 Å². The van der Waals surface area contributed by atoms with Crippen LogP contribution in [0.15, 0.2) is 0 Å². The SMILES string of the molecule is CC(C)C1CC2C3(C)CC1CC(C3)C2(C)NC=O. The Labute approximate surface area is 111 Å². The van der Waals surface area contributed by atoms with Crippen molar-refractivity contribution in [3.8, 4) is 0 Å². The minimum absolute atomic E-state index is 0.0644. The molecule has 3 aliphatic carbocycles. The number of hydrogen-bond acceptors (Lipinski definition) is 1. The van der Waals surface area contributed by atoms with E-state index in [1.165, 1.54) is 25.7 Å². The zero-order chi connectivity index (χ0) is 13.1. The molecule has 3 rings (SSSR count). The van der Waals surface area contributed by atoms with Crippen LogP contribution in [0.25, 0.3) is 0 Å². The summed E-state index contributed by atoms with van der Waals surface area (Å²) >= 11 is 0. The monoisotopic (exact) mass is 249 g/mol. The molecule has 3 fully saturated rings. The Bertz CT molecular complexity index is 366. The Kier molecular flexibility index (Phi) is 2.60. The molecule has 1 amide bonds. The average molecular weight is 249 g/mol. The van der Waals surface area contributed by atoms with Crippen molar-refractivity contribution < 1.29 is 4.79 Å². The lowest BCUT2D eigenvalue weighted by Gasteiger charge is -2.49. The molecule has 0 radical (unpaired) electrons. The van der Waals surface area contributed by atoms with Crippen LogP contribution in [0, 0.1) is 35.0 Å². The lowest BCUT2D eigenvalue weighted by atomic mass is 9.56. The van der Waals surface area contributed by atoms with Gasteiger partial charge < -0.3 is 5.32 Å². The molecule has 0 aliphatic heterocycles. The van der Waals surface area contributed by atoms with Gasteiger partial charge in [0.1, 0.15) is 0 Å². The topological polar surface area (TPSA) is 29.1 Å². The van der Waals surface area contributed by atoms with E-state index in [4.69, 9.17) is 0 Å². The maximum atomic E-state index is 11.0. The van der Waals surface area contributed by atoms with Crippen LogP contribution in [0.5, 0.6) is 0 Å². The van der Waals surface area contributed by atoms with Crippen molar-refractivity contribution in [2.75, 3.05) is 0 Å². The van der Waals surface area contributed by atoms with E-state index in [1.54, 1.807) is 0 Å². The Morgan fingerprint density at radius 3 is 2.56 bits per heavy atom. The summed E-state index contributed by atoms with van der Waals surface area (Å²) in [5.41, 5.74) is 0.554. The molecule has 102 valence electrons. The Hall–Kier alpha value is -0.530. The summed E-state index contributed by atoms with van der Waals surface area (Å²) in [5.74, 6) is 3.97. The standard InChI is InChI=1S/C16H27NO/c1-10(2)13-6-14-15(3)7-11(13)5-12(8-15)16(14,4)17-9-18/h9-14H,5-8H2,1-4H3,(H,17,18). The first-order valence-electron chi connectivity index (χ1n) is 7.62. The van der Waals surface area contributed by atoms with E-state index in [2.05, 4.69) is 33.0 Å². The minimum Gasteiger partial charge on any atom is -0.353 e. The maximum Gasteiger partial charge on any atom is 0.207 e. The van der Waals surface area contributed by atoms with Crippen LogP contribution in [0.2, 0.25) is 0 Å². The van der Waals surface area contributed by atoms with Crippen LogP contribution in [-0.2, 0) is 4.79 Å². The minimum atomic E-state index is 0.0644. The van der Waals surface area contributed by atoms with Crippen LogP contribution < -0.4 is 5.32 Å². The highest BCUT2D eigenvalue weighted by Gasteiger charge is 2.64. The summed E-state index contributed by atoms with van der Waals surface area (Å²) in [4.78, 5) is 11.0. The number of amides is 1. The van der Waals surface area contributed by atoms with Gasteiger partial charge >= 0.3 is 0 Å². The third-order valence-electron chi connectivity index (χ3n) is 6.78. The lowest BCUT2D eigenvalue weighted by molar-refractivity contribution is -0.112. The third-order valence-corrected chi connectivity index (χ3v) is 6.78. The van der Waals surface area contributed by atoms with Gasteiger partial charge in [0.05, 0.1) is 0 Å². The summed E-state index contributed by atoms with van der Waals surface area (Å²) in [6.45, 7) is 9.55. The van der Waals surface area contributed by atoms with E-state index in [0.29, 0.717) is 17.3 Å². The second-order valence-electron chi connectivity index (χ2n) is 8.00. The fourth-order valence-electron chi connectivity index (χ4n) is 6.01. The second kappa shape index (κ2) is 3.74. The summed E-state index contributed by atoms with van der Waals surface area (Å²) in [6, 6.07) is 0. The first kappa shape index (κ1) is 12.5. The zero-order valence-electron chi connectivity index (χ0n) is 12.2. The number of fused-ring (bicyclic) bond motifs is 2. The first-order chi connectivity index (χ1) is 8.40. The number of carbonyl (C=O) groups is 1. The molecule has 2 nitrogen and oxygen atoms in total. The van der Waals surface area contributed by atoms with E-state index in [0.717, 1.165) is 24.2 Å². The molecule has 0 spiro atoms. The molecule has 0 aromatic rings. The predicted octanol–water partition coefficient (Wildman–Crippen LogP) is 3.22. The molecule has 3 bridgehead atoms. The first-order valence-corrected chi connectivity index (χ1v) is 7.62. The van der Waals surface area contributed by atoms with E-state index < -0.39 is 0 Å². The maximum absolute atomic E-state index is 11.0. The lowest BCUT2D eigenvalue weighted by Crippen LogP contribution is -2.51. The molecule has 3 aliphatic rings. The molecule has 18 heavy (non-hydrogen) atoms. The summed E-state index contributed by atoms with van der Waals surface area (Å²) < 4.78 is 0. The van der Waals surface area contributed by atoms with Crippen LogP contribution in [0.3, 0.4) is 0 Å². The predicted molar refractivity (Wildman–Crippen MR) is 73.0 cm³/mol. The molecule has 6 atom stereocenters. The van der Waals surface area contributed by atoms with Gasteiger partial charge in [0.2, 0.25) is 6.41 Å². The molecular weight excluding hydrogens is 222 g/mol. The summed E-state index contributed by atoms with van der Waals surface area (Å²) in [7, 11) is 0. The molecule has 0 aromatic carbocycles. The van der Waals surface area contributed by atoms with E-state index >= 15 is 0 Å². The van der Waals surface area contributed by atoms with Gasteiger partial charge in [-0.2, -0.15) is 0 Å². The van der Waals surface area contributed by atoms with Gasteiger partial charge in [0, 0.05) is 5.54 Å². The fourth-order valence-corrected chi connectivity index (χ4v) is 6.01. The Morgan fingerprint density at radius 1 is 1.22 bits per heavy atom. The fraction of sp³-hybridized carbons (Fsp3) is 0.938. The van der Waals surface area contributed by atoms with Gasteiger partial charge in [-0.3, -0.25) is 4.79 Å². The zero-order valence-corrected chi connectivity index (χ0v) is 12.2. The van der Waals surface area contributed by atoms with Crippen LogP contribution in [0.4, 0.5) is 0 Å². The second-order valence-corrected chi connectivity index (χ2v) is 8.00. The average Bonchev–Trinajstić information content (AvgIpc) is 2.36. The van der Waals surface area contributed by atoms with Gasteiger partial charge in [0.15, 0.2) is 0 Å². The smallest absolute Gasteiger partial charge is 0.207 e. The van der Waals surface area contributed by atoms with Crippen molar-refractivity contribution in [3.05, 3.63) is 0 Å². The van der Waals surface area contributed by atoms with Crippen molar-refractivity contribution in [3.63, 3.8) is 0 Å². The highest BCUT2D eigenvalue weighted by molar-refractivity contribution is 5.49. The molecule has 1 N–H and O–H groups in total. The molecule has 6 unspecified atom stereocenters. The summed E-state index contributed by atoms with van der Waals surface area (Å²) in [5, 5.41) is 3.22. The van der Waals surface area contributed by atoms with E-state index in [1.807, 2.05) is 0 Å². The van der Waals surface area contributed by atoms with Gasteiger partial charge in [-0.05, 0) is 67.6 Å².